The van der Waals surface area contributed by atoms with Crippen LogP contribution in [0.4, 0.5) is 14.7 Å². The fourth-order valence-corrected chi connectivity index (χ4v) is 2.18. The summed E-state index contributed by atoms with van der Waals surface area (Å²) in [5.74, 6) is -1.89. The first kappa shape index (κ1) is 12.0. The van der Waals surface area contributed by atoms with E-state index < -0.39 is 11.6 Å². The average molecular weight is 325 g/mol. The zero-order valence-corrected chi connectivity index (χ0v) is 11.0. The fourth-order valence-electron chi connectivity index (χ4n) is 1.86. The Labute approximate surface area is 115 Å². The van der Waals surface area contributed by atoms with Gasteiger partial charge in [-0.05, 0) is 34.1 Å². The van der Waals surface area contributed by atoms with Crippen LogP contribution in [0.2, 0.25) is 0 Å². The van der Waals surface area contributed by atoms with E-state index in [0.717, 1.165) is 10.5 Å². The molecule has 7 heteroatoms. The van der Waals surface area contributed by atoms with Crippen LogP contribution in [-0.4, -0.2) is 14.5 Å². The highest BCUT2D eigenvalue weighted by Gasteiger charge is 2.16. The van der Waals surface area contributed by atoms with Crippen LogP contribution < -0.4 is 5.73 Å². The number of hydrogen-bond donors (Lipinski definition) is 1. The predicted molar refractivity (Wildman–Crippen MR) is 70.9 cm³/mol. The molecule has 0 saturated carbocycles. The minimum absolute atomic E-state index is 0.0187. The lowest BCUT2D eigenvalue weighted by molar-refractivity contribution is 0.505. The molecule has 0 fully saturated rings. The van der Waals surface area contributed by atoms with Crippen molar-refractivity contribution >= 4 is 33.0 Å². The lowest BCUT2D eigenvalue weighted by Gasteiger charge is -2.07. The van der Waals surface area contributed by atoms with E-state index in [-0.39, 0.29) is 11.6 Å². The number of benzene rings is 1. The molecule has 3 rings (SSSR count). The molecule has 0 unspecified atom stereocenters. The smallest absolute Gasteiger partial charge is 0.207 e. The molecule has 2 aromatic heterocycles. The van der Waals surface area contributed by atoms with E-state index in [2.05, 4.69) is 25.9 Å². The Hall–Kier alpha value is -2.02. The normalized spacial score (nSPS) is 11.1. The van der Waals surface area contributed by atoms with Gasteiger partial charge in [0, 0.05) is 10.7 Å². The Kier molecular flexibility index (Phi) is 2.70. The first-order chi connectivity index (χ1) is 9.08. The maximum atomic E-state index is 13.8. The lowest BCUT2D eigenvalue weighted by atomic mass is 10.3. The number of pyridine rings is 1. The van der Waals surface area contributed by atoms with Crippen molar-refractivity contribution in [2.45, 2.75) is 0 Å². The van der Waals surface area contributed by atoms with E-state index in [1.807, 2.05) is 0 Å². The van der Waals surface area contributed by atoms with Crippen molar-refractivity contribution in [3.8, 4) is 5.69 Å². The van der Waals surface area contributed by atoms with Gasteiger partial charge in [-0.2, -0.15) is 0 Å². The molecule has 19 heavy (non-hydrogen) atoms. The number of nitrogen functional groups attached to an aromatic ring is 1. The highest BCUT2D eigenvalue weighted by Crippen LogP contribution is 2.25. The molecule has 1 aromatic carbocycles. The van der Waals surface area contributed by atoms with Gasteiger partial charge in [-0.15, -0.1) is 0 Å². The number of rotatable bonds is 1. The van der Waals surface area contributed by atoms with Crippen LogP contribution in [0.15, 0.2) is 34.9 Å². The number of fused-ring (bicyclic) bond motifs is 1. The average Bonchev–Trinajstić information content (AvgIpc) is 2.68. The molecule has 0 aliphatic rings. The second kappa shape index (κ2) is 4.27. The minimum Gasteiger partial charge on any atom is -0.369 e. The molecule has 0 aliphatic heterocycles. The third kappa shape index (κ3) is 1.86. The Morgan fingerprint density at radius 2 is 2.05 bits per heavy atom. The van der Waals surface area contributed by atoms with Crippen molar-refractivity contribution in [1.29, 1.82) is 0 Å². The highest BCUT2D eigenvalue weighted by atomic mass is 79.9. The summed E-state index contributed by atoms with van der Waals surface area (Å²) in [6.45, 7) is 0. The number of anilines is 1. The van der Waals surface area contributed by atoms with Gasteiger partial charge in [-0.1, -0.05) is 6.07 Å². The topological polar surface area (TPSA) is 56.7 Å². The molecule has 0 atom stereocenters. The molecular weight excluding hydrogens is 318 g/mol. The van der Waals surface area contributed by atoms with Crippen molar-refractivity contribution in [3.05, 3.63) is 46.6 Å². The van der Waals surface area contributed by atoms with Crippen LogP contribution in [0, 0.1) is 11.6 Å². The zero-order valence-electron chi connectivity index (χ0n) is 9.44. The maximum Gasteiger partial charge on any atom is 0.207 e. The second-order valence-electron chi connectivity index (χ2n) is 3.87. The van der Waals surface area contributed by atoms with Gasteiger partial charge in [0.05, 0.1) is 5.69 Å². The Bertz CT molecular complexity index is 785. The first-order valence-corrected chi connectivity index (χ1v) is 6.11. The van der Waals surface area contributed by atoms with Crippen LogP contribution >= 0.6 is 15.9 Å². The molecule has 0 amide bonds. The van der Waals surface area contributed by atoms with E-state index in [9.17, 15) is 8.78 Å². The van der Waals surface area contributed by atoms with Crippen LogP contribution in [0.1, 0.15) is 0 Å². The van der Waals surface area contributed by atoms with E-state index >= 15 is 0 Å². The summed E-state index contributed by atoms with van der Waals surface area (Å²) in [4.78, 5) is 8.21. The number of imidazole rings is 1. The van der Waals surface area contributed by atoms with Gasteiger partial charge in [-0.25, -0.2) is 18.7 Å². The number of hydrogen-bond acceptors (Lipinski definition) is 3. The van der Waals surface area contributed by atoms with E-state index in [1.54, 1.807) is 6.07 Å². The predicted octanol–water partition coefficient (Wildman–Crippen LogP) is 3.04. The van der Waals surface area contributed by atoms with Gasteiger partial charge < -0.3 is 5.73 Å². The van der Waals surface area contributed by atoms with Gasteiger partial charge in [-0.3, -0.25) is 4.57 Å². The van der Waals surface area contributed by atoms with Crippen molar-refractivity contribution in [3.63, 3.8) is 0 Å². The molecule has 0 radical (unpaired) electrons. The van der Waals surface area contributed by atoms with Crippen molar-refractivity contribution in [2.24, 2.45) is 0 Å². The van der Waals surface area contributed by atoms with Crippen LogP contribution in [0.5, 0.6) is 0 Å². The SMILES string of the molecule is Nc1nc2cc(Br)cnc2n1-c1cccc(F)c1F. The fraction of sp³-hybridized carbons (Fsp3) is 0. The van der Waals surface area contributed by atoms with Crippen molar-refractivity contribution in [2.75, 3.05) is 5.73 Å². The largest absolute Gasteiger partial charge is 0.369 e. The molecule has 2 heterocycles. The molecular formula is C12H7BrF2N4. The van der Waals surface area contributed by atoms with Gasteiger partial charge in [0.25, 0.3) is 0 Å². The van der Waals surface area contributed by atoms with E-state index in [1.165, 1.54) is 22.9 Å². The number of nitrogens with zero attached hydrogens (tertiary/aromatic N) is 3. The summed E-state index contributed by atoms with van der Waals surface area (Å²) < 4.78 is 29.1. The number of nitrogens with two attached hydrogens (primary N) is 1. The van der Waals surface area contributed by atoms with Crippen LogP contribution in [0.3, 0.4) is 0 Å². The minimum atomic E-state index is -0.988. The van der Waals surface area contributed by atoms with Gasteiger partial charge in [0.15, 0.2) is 17.3 Å². The quantitative estimate of drug-likeness (QED) is 0.748. The van der Waals surface area contributed by atoms with Crippen LogP contribution in [-0.2, 0) is 0 Å². The summed E-state index contributed by atoms with van der Waals surface area (Å²) >= 11 is 3.26. The van der Waals surface area contributed by atoms with E-state index in [0.29, 0.717) is 11.2 Å². The number of halogens is 3. The monoisotopic (exact) mass is 324 g/mol. The lowest BCUT2D eigenvalue weighted by Crippen LogP contribution is -2.04. The Balaban J connectivity index is 2.36. The summed E-state index contributed by atoms with van der Waals surface area (Å²) in [6, 6.07) is 5.56. The number of aromatic nitrogens is 3. The Morgan fingerprint density at radius 3 is 2.84 bits per heavy atom. The standard InChI is InChI=1S/C12H7BrF2N4/c13-6-4-8-11(17-5-6)19(12(16)18-8)9-3-1-2-7(14)10(9)15/h1-5H,(H2,16,18). The first-order valence-electron chi connectivity index (χ1n) is 5.32. The highest BCUT2D eigenvalue weighted by molar-refractivity contribution is 9.10. The molecule has 96 valence electrons. The summed E-state index contributed by atoms with van der Waals surface area (Å²) in [5, 5.41) is 0. The summed E-state index contributed by atoms with van der Waals surface area (Å²) in [6.07, 6.45) is 1.54. The Morgan fingerprint density at radius 1 is 1.26 bits per heavy atom. The molecule has 2 N–H and O–H groups in total. The van der Waals surface area contributed by atoms with Crippen LogP contribution in [0.25, 0.3) is 16.9 Å². The molecule has 0 saturated heterocycles. The molecule has 0 aliphatic carbocycles. The molecule has 3 aromatic rings. The van der Waals surface area contributed by atoms with Gasteiger partial charge in [0.2, 0.25) is 5.95 Å². The summed E-state index contributed by atoms with van der Waals surface area (Å²) in [5.41, 5.74) is 6.60. The molecule has 4 nitrogen and oxygen atoms in total. The van der Waals surface area contributed by atoms with Gasteiger partial charge in [0.1, 0.15) is 5.52 Å². The maximum absolute atomic E-state index is 13.8. The molecule has 0 bridgehead atoms. The van der Waals surface area contributed by atoms with Gasteiger partial charge >= 0.3 is 0 Å². The third-order valence-electron chi connectivity index (χ3n) is 2.66. The zero-order chi connectivity index (χ0) is 13.6. The molecule has 0 spiro atoms. The van der Waals surface area contributed by atoms with Crippen molar-refractivity contribution in [1.82, 2.24) is 14.5 Å². The van der Waals surface area contributed by atoms with E-state index in [4.69, 9.17) is 5.73 Å². The summed E-state index contributed by atoms with van der Waals surface area (Å²) in [7, 11) is 0. The van der Waals surface area contributed by atoms with Crippen molar-refractivity contribution < 1.29 is 8.78 Å². The third-order valence-corrected chi connectivity index (χ3v) is 3.10. The second-order valence-corrected chi connectivity index (χ2v) is 4.79.